The minimum Gasteiger partial charge on any atom is -0.457 e. The topological polar surface area (TPSA) is 80.3 Å². The number of rotatable bonds is 8. The largest absolute Gasteiger partial charge is 0.457 e. The maximum atomic E-state index is 12.6. The Morgan fingerprint density at radius 1 is 0.939 bits per heavy atom. The van der Waals surface area contributed by atoms with E-state index in [4.69, 9.17) is 4.74 Å². The highest BCUT2D eigenvalue weighted by atomic mass is 32.1. The van der Waals surface area contributed by atoms with Crippen LogP contribution in [0.3, 0.4) is 0 Å². The van der Waals surface area contributed by atoms with Crippen LogP contribution in [0.25, 0.3) is 10.4 Å². The molecule has 2 amide bonds. The summed E-state index contributed by atoms with van der Waals surface area (Å²) in [5.41, 5.74) is 3.00. The molecule has 2 heterocycles. The summed E-state index contributed by atoms with van der Waals surface area (Å²) in [6.45, 7) is 0.502. The first-order valence-electron chi connectivity index (χ1n) is 10.5. The summed E-state index contributed by atoms with van der Waals surface area (Å²) in [5, 5.41) is 7.55. The zero-order valence-corrected chi connectivity index (χ0v) is 18.9. The number of ether oxygens (including phenoxy) is 1. The van der Waals surface area contributed by atoms with Crippen molar-refractivity contribution >= 4 is 23.2 Å². The lowest BCUT2D eigenvalue weighted by atomic mass is 10.1. The first kappa shape index (κ1) is 22.2. The zero-order valence-electron chi connectivity index (χ0n) is 18.1. The molecular weight excluding hydrogens is 434 g/mol. The van der Waals surface area contributed by atoms with E-state index >= 15 is 0 Å². The van der Waals surface area contributed by atoms with Crippen LogP contribution in [0, 0.1) is 0 Å². The summed E-state index contributed by atoms with van der Waals surface area (Å²) in [5.74, 6) is 0.807. The molecule has 2 N–H and O–H groups in total. The lowest BCUT2D eigenvalue weighted by molar-refractivity contribution is 0.0947. The molecule has 4 aromatic rings. The van der Waals surface area contributed by atoms with Gasteiger partial charge in [0.25, 0.3) is 11.8 Å². The van der Waals surface area contributed by atoms with Crippen LogP contribution in [-0.2, 0) is 6.42 Å². The molecule has 2 aromatic carbocycles. The Morgan fingerprint density at radius 2 is 1.79 bits per heavy atom. The van der Waals surface area contributed by atoms with Crippen molar-refractivity contribution in [3.63, 3.8) is 0 Å². The summed E-state index contributed by atoms with van der Waals surface area (Å²) >= 11 is 1.65. The highest BCUT2D eigenvalue weighted by Gasteiger charge is 2.09. The second-order valence-corrected chi connectivity index (χ2v) is 8.22. The molecule has 0 aliphatic carbocycles. The van der Waals surface area contributed by atoms with Gasteiger partial charge in [0.1, 0.15) is 17.2 Å². The Hall–Kier alpha value is -3.97. The van der Waals surface area contributed by atoms with Crippen LogP contribution in [0.1, 0.15) is 26.4 Å². The van der Waals surface area contributed by atoms with Gasteiger partial charge in [-0.25, -0.2) is 0 Å². The molecule has 0 aliphatic rings. The molecule has 0 saturated heterocycles. The third kappa shape index (κ3) is 5.84. The fourth-order valence-electron chi connectivity index (χ4n) is 3.31. The van der Waals surface area contributed by atoms with Crippen molar-refractivity contribution < 1.29 is 14.3 Å². The van der Waals surface area contributed by atoms with Gasteiger partial charge in [0.15, 0.2) is 0 Å². The van der Waals surface area contributed by atoms with Crippen LogP contribution in [0.2, 0.25) is 0 Å². The minimum atomic E-state index is -0.272. The molecule has 33 heavy (non-hydrogen) atoms. The number of benzene rings is 2. The zero-order chi connectivity index (χ0) is 23.0. The Bertz CT molecular complexity index is 1260. The number of nitrogens with zero attached hydrogens (tertiary/aromatic N) is 1. The van der Waals surface area contributed by atoms with Gasteiger partial charge in [0, 0.05) is 36.3 Å². The summed E-state index contributed by atoms with van der Waals surface area (Å²) in [4.78, 5) is 29.5. The lowest BCUT2D eigenvalue weighted by Crippen LogP contribution is -2.25. The Labute approximate surface area is 196 Å². The van der Waals surface area contributed by atoms with Crippen molar-refractivity contribution in [3.05, 3.63) is 101 Å². The number of hydrogen-bond acceptors (Lipinski definition) is 5. The normalized spacial score (nSPS) is 10.5. The standard InChI is InChI=1S/C26H23N3O3S/c1-27-26(31)23-17-22(11-13-28-23)32-21-8-2-5-18(15-21)10-12-29-25(30)20-7-3-6-19(16-20)24-9-4-14-33-24/h2-9,11,13-17H,10,12H2,1H3,(H,27,31)(H,29,30). The van der Waals surface area contributed by atoms with Crippen LogP contribution >= 0.6 is 11.3 Å². The predicted molar refractivity (Wildman–Crippen MR) is 130 cm³/mol. The fraction of sp³-hybridized carbons (Fsp3) is 0.115. The third-order valence-electron chi connectivity index (χ3n) is 4.95. The number of hydrogen-bond donors (Lipinski definition) is 2. The highest BCUT2D eigenvalue weighted by Crippen LogP contribution is 2.25. The Morgan fingerprint density at radius 3 is 2.61 bits per heavy atom. The van der Waals surface area contributed by atoms with Gasteiger partial charge in [0.2, 0.25) is 0 Å². The van der Waals surface area contributed by atoms with Crippen LogP contribution in [0.4, 0.5) is 0 Å². The molecule has 0 unspecified atom stereocenters. The first-order chi connectivity index (χ1) is 16.1. The van der Waals surface area contributed by atoms with Gasteiger partial charge in [-0.15, -0.1) is 11.3 Å². The summed E-state index contributed by atoms with van der Waals surface area (Å²) < 4.78 is 5.89. The quantitative estimate of drug-likeness (QED) is 0.393. The Kier molecular flexibility index (Phi) is 7.12. The summed E-state index contributed by atoms with van der Waals surface area (Å²) in [6, 6.07) is 22.6. The first-order valence-corrected chi connectivity index (χ1v) is 11.4. The van der Waals surface area contributed by atoms with Crippen LogP contribution in [-0.4, -0.2) is 30.4 Å². The van der Waals surface area contributed by atoms with E-state index in [2.05, 4.69) is 15.6 Å². The average Bonchev–Trinajstić information content (AvgIpc) is 3.39. The molecule has 0 bridgehead atoms. The molecule has 0 radical (unpaired) electrons. The molecular formula is C26H23N3O3S. The second-order valence-electron chi connectivity index (χ2n) is 7.27. The van der Waals surface area contributed by atoms with Gasteiger partial charge >= 0.3 is 0 Å². The molecule has 0 aliphatic heterocycles. The lowest BCUT2D eigenvalue weighted by Gasteiger charge is -2.10. The molecule has 166 valence electrons. The van der Waals surface area contributed by atoms with Crippen molar-refractivity contribution in [3.8, 4) is 21.9 Å². The maximum absolute atomic E-state index is 12.6. The van der Waals surface area contributed by atoms with Crippen molar-refractivity contribution in [2.24, 2.45) is 0 Å². The van der Waals surface area contributed by atoms with Gasteiger partial charge in [-0.1, -0.05) is 30.3 Å². The van der Waals surface area contributed by atoms with E-state index in [0.29, 0.717) is 30.0 Å². The van der Waals surface area contributed by atoms with Gasteiger partial charge in [0.05, 0.1) is 0 Å². The monoisotopic (exact) mass is 457 g/mol. The number of pyridine rings is 1. The number of thiophene rings is 1. The highest BCUT2D eigenvalue weighted by molar-refractivity contribution is 7.13. The van der Waals surface area contributed by atoms with Gasteiger partial charge < -0.3 is 15.4 Å². The molecule has 0 fully saturated rings. The van der Waals surface area contributed by atoms with E-state index in [1.54, 1.807) is 30.5 Å². The van der Waals surface area contributed by atoms with Gasteiger partial charge in [-0.2, -0.15) is 0 Å². The van der Waals surface area contributed by atoms with E-state index in [1.807, 2.05) is 66.0 Å². The van der Waals surface area contributed by atoms with Crippen molar-refractivity contribution in [2.75, 3.05) is 13.6 Å². The van der Waals surface area contributed by atoms with E-state index in [1.165, 1.54) is 6.20 Å². The second kappa shape index (κ2) is 10.6. The molecule has 0 atom stereocenters. The van der Waals surface area contributed by atoms with Crippen molar-refractivity contribution in [1.29, 1.82) is 0 Å². The van der Waals surface area contributed by atoms with Gasteiger partial charge in [-0.05, 0) is 59.3 Å². The molecule has 7 heteroatoms. The van der Waals surface area contributed by atoms with E-state index in [0.717, 1.165) is 16.0 Å². The average molecular weight is 458 g/mol. The molecule has 0 spiro atoms. The number of nitrogens with one attached hydrogen (secondary N) is 2. The van der Waals surface area contributed by atoms with Gasteiger partial charge in [-0.3, -0.25) is 14.6 Å². The van der Waals surface area contributed by atoms with Crippen molar-refractivity contribution in [2.45, 2.75) is 6.42 Å². The number of amides is 2. The van der Waals surface area contributed by atoms with E-state index < -0.39 is 0 Å². The summed E-state index contributed by atoms with van der Waals surface area (Å²) in [7, 11) is 1.56. The van der Waals surface area contributed by atoms with Crippen LogP contribution in [0.15, 0.2) is 84.4 Å². The fourth-order valence-corrected chi connectivity index (χ4v) is 4.03. The third-order valence-corrected chi connectivity index (χ3v) is 5.87. The minimum absolute atomic E-state index is 0.0978. The SMILES string of the molecule is CNC(=O)c1cc(Oc2cccc(CCNC(=O)c3cccc(-c4cccs4)c3)c2)ccn1. The number of carbonyl (C=O) groups excluding carboxylic acids is 2. The molecule has 0 saturated carbocycles. The smallest absolute Gasteiger partial charge is 0.269 e. The van der Waals surface area contributed by atoms with Crippen LogP contribution < -0.4 is 15.4 Å². The maximum Gasteiger partial charge on any atom is 0.269 e. The van der Waals surface area contributed by atoms with E-state index in [-0.39, 0.29) is 17.5 Å². The molecule has 6 nitrogen and oxygen atoms in total. The number of carbonyl (C=O) groups is 2. The summed E-state index contributed by atoms with van der Waals surface area (Å²) in [6.07, 6.45) is 2.19. The predicted octanol–water partition coefficient (Wildman–Crippen LogP) is 4.93. The molecule has 2 aromatic heterocycles. The van der Waals surface area contributed by atoms with E-state index in [9.17, 15) is 9.59 Å². The van der Waals surface area contributed by atoms with Crippen molar-refractivity contribution in [1.82, 2.24) is 15.6 Å². The van der Waals surface area contributed by atoms with Crippen LogP contribution in [0.5, 0.6) is 11.5 Å². The Balaban J connectivity index is 1.34. The number of aromatic nitrogens is 1. The molecule has 4 rings (SSSR count).